The lowest BCUT2D eigenvalue weighted by atomic mass is 10.1. The van der Waals surface area contributed by atoms with E-state index in [1.54, 1.807) is 13.0 Å². The third-order valence-electron chi connectivity index (χ3n) is 3.79. The van der Waals surface area contributed by atoms with Gasteiger partial charge in [-0.3, -0.25) is 0 Å². The third kappa shape index (κ3) is 3.16. The van der Waals surface area contributed by atoms with E-state index in [4.69, 9.17) is 9.15 Å². The van der Waals surface area contributed by atoms with Crippen LogP contribution >= 0.6 is 11.3 Å². The summed E-state index contributed by atoms with van der Waals surface area (Å²) in [7, 11) is 0. The highest BCUT2D eigenvalue weighted by atomic mass is 32.1. The average molecular weight is 350 g/mol. The summed E-state index contributed by atoms with van der Waals surface area (Å²) in [5.74, 6) is 0.283. The van der Waals surface area contributed by atoms with E-state index < -0.39 is 12.1 Å². The van der Waals surface area contributed by atoms with Crippen LogP contribution in [0.1, 0.15) is 29.3 Å². The van der Waals surface area contributed by atoms with Crippen LogP contribution in [-0.4, -0.2) is 16.2 Å². The van der Waals surface area contributed by atoms with Crippen LogP contribution in [0.15, 0.2) is 64.4 Å². The highest BCUT2D eigenvalue weighted by Crippen LogP contribution is 2.26. The summed E-state index contributed by atoms with van der Waals surface area (Å²) in [4.78, 5) is 13.3. The van der Waals surface area contributed by atoms with Gasteiger partial charge in [0.15, 0.2) is 6.10 Å². The zero-order valence-electron chi connectivity index (χ0n) is 13.4. The molecule has 0 aliphatic carbocycles. The molecule has 2 aromatic carbocycles. The Bertz CT molecular complexity index is 1020. The molecule has 25 heavy (non-hydrogen) atoms. The first kappa shape index (κ1) is 15.5. The minimum absolute atomic E-state index is 0.275. The number of ether oxygens (including phenoxy) is 1. The number of aromatic nitrogens is 2. The molecule has 5 nitrogen and oxygen atoms in total. The summed E-state index contributed by atoms with van der Waals surface area (Å²) >= 11 is 1.51. The van der Waals surface area contributed by atoms with Crippen LogP contribution in [-0.2, 0) is 4.74 Å². The molecule has 0 N–H and O–H groups in total. The molecule has 0 amide bonds. The van der Waals surface area contributed by atoms with Gasteiger partial charge in [-0.1, -0.05) is 36.4 Å². The number of rotatable bonds is 4. The first-order valence-electron chi connectivity index (χ1n) is 7.78. The number of fused-ring (bicyclic) bond motifs is 1. The van der Waals surface area contributed by atoms with Gasteiger partial charge in [-0.25, -0.2) is 4.79 Å². The number of benzene rings is 2. The monoisotopic (exact) mass is 350 g/mol. The highest BCUT2D eigenvalue weighted by molar-refractivity contribution is 7.13. The number of nitrogens with zero attached hydrogens (tertiary/aromatic N) is 2. The van der Waals surface area contributed by atoms with Gasteiger partial charge < -0.3 is 9.15 Å². The van der Waals surface area contributed by atoms with Gasteiger partial charge in [-0.05, 0) is 41.3 Å². The Morgan fingerprint density at radius 1 is 1.08 bits per heavy atom. The lowest BCUT2D eigenvalue weighted by Gasteiger charge is -2.09. The summed E-state index contributed by atoms with van der Waals surface area (Å²) in [5.41, 5.74) is 0.489. The van der Waals surface area contributed by atoms with Crippen molar-refractivity contribution in [1.29, 1.82) is 0 Å². The normalized spacial score (nSPS) is 12.2. The van der Waals surface area contributed by atoms with Crippen LogP contribution < -0.4 is 0 Å². The second kappa shape index (κ2) is 6.49. The van der Waals surface area contributed by atoms with Crippen molar-refractivity contribution < 1.29 is 13.9 Å². The fraction of sp³-hybridized carbons (Fsp3) is 0.105. The highest BCUT2D eigenvalue weighted by Gasteiger charge is 2.20. The van der Waals surface area contributed by atoms with E-state index in [9.17, 15) is 4.79 Å². The van der Waals surface area contributed by atoms with Crippen molar-refractivity contribution in [2.45, 2.75) is 13.0 Å². The molecule has 0 unspecified atom stereocenters. The number of thiophene rings is 1. The van der Waals surface area contributed by atoms with Crippen LogP contribution in [0, 0.1) is 0 Å². The Hall–Kier alpha value is -2.99. The van der Waals surface area contributed by atoms with Crippen LogP contribution in [0.4, 0.5) is 0 Å². The molecule has 0 saturated heterocycles. The van der Waals surface area contributed by atoms with Gasteiger partial charge in [0.1, 0.15) is 0 Å². The molecule has 0 aliphatic rings. The fourth-order valence-corrected chi connectivity index (χ4v) is 3.14. The Kier molecular flexibility index (Phi) is 4.03. The molecule has 0 fully saturated rings. The van der Waals surface area contributed by atoms with Crippen molar-refractivity contribution in [3.05, 3.63) is 71.4 Å². The smallest absolute Gasteiger partial charge is 0.338 e. The first-order valence-corrected chi connectivity index (χ1v) is 8.66. The molecule has 0 spiro atoms. The van der Waals surface area contributed by atoms with E-state index in [2.05, 4.69) is 10.2 Å². The number of esters is 1. The van der Waals surface area contributed by atoms with Crippen LogP contribution in [0.25, 0.3) is 21.5 Å². The molecule has 0 radical (unpaired) electrons. The van der Waals surface area contributed by atoms with E-state index in [-0.39, 0.29) is 5.89 Å². The first-order chi connectivity index (χ1) is 12.2. The molecule has 0 bridgehead atoms. The van der Waals surface area contributed by atoms with Crippen molar-refractivity contribution in [3.63, 3.8) is 0 Å². The standard InChI is InChI=1S/C19H14N2O3S/c1-12(17-20-21-18(24-17)16-7-4-10-25-16)23-19(22)15-9-8-13-5-2-3-6-14(13)11-15/h2-12H,1H3/t12-/m1/s1. The number of carbonyl (C=O) groups excluding carboxylic acids is 1. The van der Waals surface area contributed by atoms with E-state index in [1.165, 1.54) is 11.3 Å². The molecular formula is C19H14N2O3S. The molecule has 6 heteroatoms. The van der Waals surface area contributed by atoms with Gasteiger partial charge in [-0.15, -0.1) is 21.5 Å². The lowest BCUT2D eigenvalue weighted by Crippen LogP contribution is -2.09. The molecular weight excluding hydrogens is 336 g/mol. The molecule has 2 aromatic heterocycles. The van der Waals surface area contributed by atoms with Crippen molar-refractivity contribution in [3.8, 4) is 10.8 Å². The minimum Gasteiger partial charge on any atom is -0.449 e. The number of hydrogen-bond acceptors (Lipinski definition) is 6. The fourth-order valence-electron chi connectivity index (χ4n) is 2.49. The van der Waals surface area contributed by atoms with Crippen LogP contribution in [0.3, 0.4) is 0 Å². The summed E-state index contributed by atoms with van der Waals surface area (Å²) in [6.07, 6.45) is -0.625. The van der Waals surface area contributed by atoms with Crippen LogP contribution in [0.2, 0.25) is 0 Å². The zero-order chi connectivity index (χ0) is 17.2. The summed E-state index contributed by atoms with van der Waals surface area (Å²) < 4.78 is 11.1. The van der Waals surface area contributed by atoms with Gasteiger partial charge in [0.05, 0.1) is 10.4 Å². The lowest BCUT2D eigenvalue weighted by molar-refractivity contribution is 0.0280. The summed E-state index contributed by atoms with van der Waals surface area (Å²) in [5, 5.41) is 12.0. The SMILES string of the molecule is C[C@@H](OC(=O)c1ccc2ccccc2c1)c1nnc(-c2cccs2)o1. The van der Waals surface area contributed by atoms with E-state index >= 15 is 0 Å². The second-order valence-electron chi connectivity index (χ2n) is 5.53. The Morgan fingerprint density at radius 3 is 2.72 bits per heavy atom. The van der Waals surface area contributed by atoms with E-state index in [0.717, 1.165) is 15.6 Å². The maximum atomic E-state index is 12.4. The Labute approximate surface area is 147 Å². The summed E-state index contributed by atoms with van der Waals surface area (Å²) in [6.45, 7) is 1.71. The Morgan fingerprint density at radius 2 is 1.92 bits per heavy atom. The van der Waals surface area contributed by atoms with Crippen molar-refractivity contribution in [2.75, 3.05) is 0 Å². The Balaban J connectivity index is 1.51. The molecule has 4 rings (SSSR count). The van der Waals surface area contributed by atoms with Crippen LogP contribution in [0.5, 0.6) is 0 Å². The number of hydrogen-bond donors (Lipinski definition) is 0. The maximum absolute atomic E-state index is 12.4. The molecule has 2 heterocycles. The van der Waals surface area contributed by atoms with Gasteiger partial charge in [-0.2, -0.15) is 0 Å². The summed E-state index contributed by atoms with van der Waals surface area (Å²) in [6, 6.07) is 17.1. The van der Waals surface area contributed by atoms with Crippen molar-refractivity contribution in [1.82, 2.24) is 10.2 Å². The van der Waals surface area contributed by atoms with Crippen molar-refractivity contribution in [2.24, 2.45) is 0 Å². The largest absolute Gasteiger partial charge is 0.449 e. The predicted octanol–water partition coefficient (Wildman–Crippen LogP) is 4.87. The van der Waals surface area contributed by atoms with Gasteiger partial charge in [0.2, 0.25) is 0 Å². The number of carbonyl (C=O) groups is 1. The topological polar surface area (TPSA) is 65.2 Å². The van der Waals surface area contributed by atoms with Crippen molar-refractivity contribution >= 4 is 28.1 Å². The zero-order valence-corrected chi connectivity index (χ0v) is 14.2. The third-order valence-corrected chi connectivity index (χ3v) is 4.65. The minimum atomic E-state index is -0.625. The van der Waals surface area contributed by atoms with E-state index in [0.29, 0.717) is 11.5 Å². The maximum Gasteiger partial charge on any atom is 0.338 e. The molecule has 0 aliphatic heterocycles. The quantitative estimate of drug-likeness (QED) is 0.491. The second-order valence-corrected chi connectivity index (χ2v) is 6.48. The predicted molar refractivity (Wildman–Crippen MR) is 95.4 cm³/mol. The average Bonchev–Trinajstić information content (AvgIpc) is 3.32. The molecule has 4 aromatic rings. The van der Waals surface area contributed by atoms with Gasteiger partial charge in [0, 0.05) is 0 Å². The van der Waals surface area contributed by atoms with E-state index in [1.807, 2.05) is 53.9 Å². The van der Waals surface area contributed by atoms with Gasteiger partial charge >= 0.3 is 5.97 Å². The molecule has 1 atom stereocenters. The molecule has 0 saturated carbocycles. The van der Waals surface area contributed by atoms with Gasteiger partial charge in [0.25, 0.3) is 11.8 Å². The molecule has 124 valence electrons.